The summed E-state index contributed by atoms with van der Waals surface area (Å²) in [6, 6.07) is 7.40. The average Bonchev–Trinajstić information content (AvgIpc) is 3.17. The highest BCUT2D eigenvalue weighted by atomic mass is 15.1. The van der Waals surface area contributed by atoms with E-state index in [0.717, 1.165) is 6.54 Å². The van der Waals surface area contributed by atoms with Crippen molar-refractivity contribution in [2.24, 2.45) is 0 Å². The van der Waals surface area contributed by atoms with E-state index in [9.17, 15) is 0 Å². The largest absolute Gasteiger partial charge is 0.309 e. The van der Waals surface area contributed by atoms with Crippen LogP contribution in [0, 0.1) is 6.92 Å². The Hall–Kier alpha value is -1.61. The summed E-state index contributed by atoms with van der Waals surface area (Å²) in [6.45, 7) is 3.24. The number of aromatic amines is 1. The van der Waals surface area contributed by atoms with Gasteiger partial charge < -0.3 is 5.32 Å². The van der Waals surface area contributed by atoms with Crippen molar-refractivity contribution in [3.8, 4) is 11.1 Å². The molecule has 104 valence electrons. The second-order valence-electron chi connectivity index (χ2n) is 6.09. The number of hydrogen-bond acceptors (Lipinski definition) is 2. The summed E-state index contributed by atoms with van der Waals surface area (Å²) in [6.07, 6.45) is 6.23. The fourth-order valence-corrected chi connectivity index (χ4v) is 3.71. The summed E-state index contributed by atoms with van der Waals surface area (Å²) in [4.78, 5) is 0. The van der Waals surface area contributed by atoms with E-state index in [-0.39, 0.29) is 0 Å². The van der Waals surface area contributed by atoms with Gasteiger partial charge in [0.1, 0.15) is 0 Å². The van der Waals surface area contributed by atoms with Gasteiger partial charge in [-0.25, -0.2) is 0 Å². The van der Waals surface area contributed by atoms with Crippen LogP contribution in [-0.2, 0) is 12.8 Å². The van der Waals surface area contributed by atoms with Crippen LogP contribution in [0.1, 0.15) is 47.8 Å². The lowest BCUT2D eigenvalue weighted by molar-refractivity contribution is 0.626. The molecule has 1 unspecified atom stereocenters. The molecule has 2 heterocycles. The van der Waals surface area contributed by atoms with E-state index in [2.05, 4.69) is 40.6 Å². The van der Waals surface area contributed by atoms with Gasteiger partial charge in [-0.15, -0.1) is 0 Å². The molecule has 0 amide bonds. The minimum absolute atomic E-state index is 0.420. The van der Waals surface area contributed by atoms with Gasteiger partial charge in [-0.3, -0.25) is 5.10 Å². The Morgan fingerprint density at radius 3 is 2.90 bits per heavy atom. The zero-order valence-corrected chi connectivity index (χ0v) is 12.0. The normalized spacial score (nSPS) is 21.4. The van der Waals surface area contributed by atoms with Crippen LogP contribution >= 0.6 is 0 Å². The molecular weight excluding hydrogens is 246 g/mol. The van der Waals surface area contributed by atoms with E-state index in [1.54, 1.807) is 0 Å². The molecule has 0 bridgehead atoms. The van der Waals surface area contributed by atoms with Gasteiger partial charge in [-0.1, -0.05) is 18.2 Å². The minimum atomic E-state index is 0.420. The summed E-state index contributed by atoms with van der Waals surface area (Å²) in [5.41, 5.74) is 8.12. The molecule has 1 aliphatic carbocycles. The van der Waals surface area contributed by atoms with E-state index in [1.165, 1.54) is 65.7 Å². The average molecular weight is 267 g/mol. The van der Waals surface area contributed by atoms with E-state index < -0.39 is 0 Å². The molecule has 1 aromatic carbocycles. The van der Waals surface area contributed by atoms with Crippen LogP contribution in [0.5, 0.6) is 0 Å². The van der Waals surface area contributed by atoms with Crippen molar-refractivity contribution in [1.29, 1.82) is 0 Å². The molecule has 2 N–H and O–H groups in total. The minimum Gasteiger partial charge on any atom is -0.309 e. The van der Waals surface area contributed by atoms with E-state index in [1.807, 2.05) is 0 Å². The quantitative estimate of drug-likeness (QED) is 0.876. The maximum Gasteiger partial charge on any atom is 0.0872 e. The highest BCUT2D eigenvalue weighted by molar-refractivity contribution is 5.70. The van der Waals surface area contributed by atoms with Gasteiger partial charge >= 0.3 is 0 Å². The smallest absolute Gasteiger partial charge is 0.0872 e. The van der Waals surface area contributed by atoms with Crippen molar-refractivity contribution in [2.45, 2.75) is 45.1 Å². The number of H-pyrrole nitrogens is 1. The Bertz CT molecular complexity index is 636. The third-order valence-corrected chi connectivity index (χ3v) is 4.75. The zero-order chi connectivity index (χ0) is 13.5. The predicted molar refractivity (Wildman–Crippen MR) is 80.8 cm³/mol. The van der Waals surface area contributed by atoms with Crippen LogP contribution in [0.15, 0.2) is 18.2 Å². The highest BCUT2D eigenvalue weighted by Crippen LogP contribution is 2.35. The molecule has 0 saturated carbocycles. The fourth-order valence-electron chi connectivity index (χ4n) is 3.71. The van der Waals surface area contributed by atoms with Crippen molar-refractivity contribution < 1.29 is 0 Å². The summed E-state index contributed by atoms with van der Waals surface area (Å²) >= 11 is 0. The lowest BCUT2D eigenvalue weighted by atomic mass is 9.96. The van der Waals surface area contributed by atoms with Crippen LogP contribution in [0.4, 0.5) is 0 Å². The number of fused-ring (bicyclic) bond motifs is 1. The third-order valence-electron chi connectivity index (χ3n) is 4.75. The van der Waals surface area contributed by atoms with Crippen LogP contribution < -0.4 is 5.32 Å². The van der Waals surface area contributed by atoms with Gasteiger partial charge in [0.25, 0.3) is 0 Å². The summed E-state index contributed by atoms with van der Waals surface area (Å²) < 4.78 is 0. The number of hydrogen-bond donors (Lipinski definition) is 2. The third kappa shape index (κ3) is 1.88. The summed E-state index contributed by atoms with van der Waals surface area (Å²) in [5.74, 6) is 0. The molecule has 20 heavy (non-hydrogen) atoms. The number of aryl methyl sites for hydroxylation is 3. The van der Waals surface area contributed by atoms with Crippen LogP contribution in [0.2, 0.25) is 0 Å². The number of nitrogens with one attached hydrogen (secondary N) is 2. The summed E-state index contributed by atoms with van der Waals surface area (Å²) in [5, 5.41) is 11.3. The Morgan fingerprint density at radius 2 is 2.05 bits per heavy atom. The van der Waals surface area contributed by atoms with Gasteiger partial charge in [0.05, 0.1) is 11.7 Å². The number of aromatic nitrogens is 2. The Balaban J connectivity index is 1.79. The number of benzene rings is 1. The van der Waals surface area contributed by atoms with Crippen LogP contribution in [0.25, 0.3) is 11.1 Å². The van der Waals surface area contributed by atoms with Crippen molar-refractivity contribution in [1.82, 2.24) is 15.5 Å². The molecule has 1 aliphatic heterocycles. The maximum absolute atomic E-state index is 4.58. The standard InChI is InChI=1S/C17H21N3/c1-11-16(17(20-19-11)15-6-3-9-18-15)14-8-7-12-4-2-5-13(12)10-14/h7-8,10,15,18H,2-6,9H2,1H3,(H,19,20). The second-order valence-corrected chi connectivity index (χ2v) is 6.09. The van der Waals surface area contributed by atoms with Gasteiger partial charge in [-0.05, 0) is 62.3 Å². The van der Waals surface area contributed by atoms with Crippen molar-refractivity contribution in [3.63, 3.8) is 0 Å². The van der Waals surface area contributed by atoms with Gasteiger partial charge in [0.2, 0.25) is 0 Å². The lowest BCUT2D eigenvalue weighted by Crippen LogP contribution is -2.14. The predicted octanol–water partition coefficient (Wildman–Crippen LogP) is 3.30. The number of nitrogens with zero attached hydrogens (tertiary/aromatic N) is 1. The lowest BCUT2D eigenvalue weighted by Gasteiger charge is -2.12. The van der Waals surface area contributed by atoms with Crippen molar-refractivity contribution in [2.75, 3.05) is 6.54 Å². The molecule has 1 atom stereocenters. The zero-order valence-electron chi connectivity index (χ0n) is 12.0. The first-order valence-electron chi connectivity index (χ1n) is 7.73. The molecule has 1 aromatic heterocycles. The Kier molecular flexibility index (Phi) is 2.88. The van der Waals surface area contributed by atoms with Gasteiger partial charge in [-0.2, -0.15) is 5.10 Å². The second kappa shape index (κ2) is 4.74. The maximum atomic E-state index is 4.58. The first-order valence-corrected chi connectivity index (χ1v) is 7.73. The van der Waals surface area contributed by atoms with E-state index in [4.69, 9.17) is 0 Å². The van der Waals surface area contributed by atoms with Crippen molar-refractivity contribution in [3.05, 3.63) is 40.7 Å². The molecule has 2 aliphatic rings. The molecule has 3 nitrogen and oxygen atoms in total. The van der Waals surface area contributed by atoms with Gasteiger partial charge in [0, 0.05) is 11.3 Å². The molecule has 2 aromatic rings. The Labute approximate surface area is 119 Å². The molecule has 4 rings (SSSR count). The molecule has 1 saturated heterocycles. The van der Waals surface area contributed by atoms with Crippen LogP contribution in [0.3, 0.4) is 0 Å². The molecule has 1 fully saturated rings. The highest BCUT2D eigenvalue weighted by Gasteiger charge is 2.24. The SMILES string of the molecule is Cc1[nH]nc(C2CCCN2)c1-c1ccc2c(c1)CCC2. The Morgan fingerprint density at radius 1 is 1.15 bits per heavy atom. The first-order chi connectivity index (χ1) is 9.83. The molecular formula is C17H21N3. The summed E-state index contributed by atoms with van der Waals surface area (Å²) in [7, 11) is 0. The number of rotatable bonds is 2. The topological polar surface area (TPSA) is 40.7 Å². The van der Waals surface area contributed by atoms with Gasteiger partial charge in [0.15, 0.2) is 0 Å². The molecule has 0 radical (unpaired) electrons. The fraction of sp³-hybridized carbons (Fsp3) is 0.471. The van der Waals surface area contributed by atoms with Crippen LogP contribution in [-0.4, -0.2) is 16.7 Å². The molecule has 3 heteroatoms. The first kappa shape index (κ1) is 12.2. The van der Waals surface area contributed by atoms with Crippen molar-refractivity contribution >= 4 is 0 Å². The van der Waals surface area contributed by atoms with E-state index in [0.29, 0.717) is 6.04 Å². The van der Waals surface area contributed by atoms with E-state index >= 15 is 0 Å². The monoisotopic (exact) mass is 267 g/mol. The molecule has 0 spiro atoms.